The Balaban J connectivity index is 1.52. The van der Waals surface area contributed by atoms with Crippen molar-refractivity contribution in [1.82, 2.24) is 10.1 Å². The fourth-order valence-corrected chi connectivity index (χ4v) is 2.66. The average molecular weight is 258 g/mol. The summed E-state index contributed by atoms with van der Waals surface area (Å²) in [4.78, 5) is 4.42. The molecule has 2 aliphatic rings. The van der Waals surface area contributed by atoms with Crippen LogP contribution in [0, 0.1) is 0 Å². The lowest BCUT2D eigenvalue weighted by Gasteiger charge is -2.27. The topological polar surface area (TPSA) is 68.4 Å². The van der Waals surface area contributed by atoms with Gasteiger partial charge in [0.05, 0.1) is 6.10 Å². The zero-order valence-electron chi connectivity index (χ0n) is 10.3. The SMILES string of the molecule is OC1CC(c2nc(C3Cc4ccccc4O3)no2)C1. The largest absolute Gasteiger partial charge is 0.482 e. The molecule has 0 amide bonds. The Labute approximate surface area is 110 Å². The fourth-order valence-electron chi connectivity index (χ4n) is 2.66. The van der Waals surface area contributed by atoms with Crippen molar-refractivity contribution in [2.45, 2.75) is 37.4 Å². The lowest BCUT2D eigenvalue weighted by atomic mass is 9.82. The van der Waals surface area contributed by atoms with Crippen molar-refractivity contribution in [2.24, 2.45) is 0 Å². The first-order chi connectivity index (χ1) is 9.29. The van der Waals surface area contributed by atoms with Gasteiger partial charge in [-0.1, -0.05) is 23.4 Å². The van der Waals surface area contributed by atoms with Crippen LogP contribution in [0.3, 0.4) is 0 Å². The standard InChI is InChI=1S/C14H14N2O3/c17-10-5-9(6-10)14-15-13(16-19-14)12-7-8-3-1-2-4-11(8)18-12/h1-4,9-10,12,17H,5-7H2. The van der Waals surface area contributed by atoms with Crippen molar-refractivity contribution >= 4 is 0 Å². The quantitative estimate of drug-likeness (QED) is 0.892. The number of aliphatic hydroxyl groups is 1. The average Bonchev–Trinajstić information content (AvgIpc) is 3.01. The molecule has 0 radical (unpaired) electrons. The maximum atomic E-state index is 9.30. The Morgan fingerprint density at radius 1 is 1.21 bits per heavy atom. The second kappa shape index (κ2) is 4.06. The Hall–Kier alpha value is -1.88. The summed E-state index contributed by atoms with van der Waals surface area (Å²) in [6, 6.07) is 7.97. The van der Waals surface area contributed by atoms with Crippen LogP contribution in [0.15, 0.2) is 28.8 Å². The summed E-state index contributed by atoms with van der Waals surface area (Å²) < 4.78 is 11.1. The van der Waals surface area contributed by atoms with E-state index in [0.29, 0.717) is 24.6 Å². The van der Waals surface area contributed by atoms with Gasteiger partial charge < -0.3 is 14.4 Å². The van der Waals surface area contributed by atoms with Gasteiger partial charge in [0.25, 0.3) is 0 Å². The maximum absolute atomic E-state index is 9.30. The first kappa shape index (κ1) is 11.0. The van der Waals surface area contributed by atoms with E-state index in [4.69, 9.17) is 9.26 Å². The first-order valence-electron chi connectivity index (χ1n) is 6.56. The molecule has 2 heterocycles. The van der Waals surface area contributed by atoms with Crippen molar-refractivity contribution in [3.8, 4) is 5.75 Å². The van der Waals surface area contributed by atoms with Gasteiger partial charge in [0, 0.05) is 12.3 Å². The number of rotatable bonds is 2. The summed E-state index contributed by atoms with van der Waals surface area (Å²) in [6.45, 7) is 0. The van der Waals surface area contributed by atoms with Crippen LogP contribution in [0.25, 0.3) is 0 Å². The van der Waals surface area contributed by atoms with Crippen molar-refractivity contribution in [1.29, 1.82) is 0 Å². The van der Waals surface area contributed by atoms with Gasteiger partial charge in [-0.25, -0.2) is 0 Å². The highest BCUT2D eigenvalue weighted by Gasteiger charge is 2.35. The van der Waals surface area contributed by atoms with Gasteiger partial charge in [-0.15, -0.1) is 0 Å². The molecular formula is C14H14N2O3. The third-order valence-electron chi connectivity index (χ3n) is 3.86. The highest BCUT2D eigenvalue weighted by atomic mass is 16.5. The molecular weight excluding hydrogens is 244 g/mol. The monoisotopic (exact) mass is 258 g/mol. The Bertz CT molecular complexity index is 579. The van der Waals surface area contributed by atoms with Crippen LogP contribution in [0.2, 0.25) is 0 Å². The van der Waals surface area contributed by atoms with Crippen LogP contribution in [0.5, 0.6) is 5.75 Å². The molecule has 0 spiro atoms. The third-order valence-corrected chi connectivity index (χ3v) is 3.86. The predicted octanol–water partition coefficient (Wildman–Crippen LogP) is 1.98. The molecule has 1 unspecified atom stereocenters. The van der Waals surface area contributed by atoms with Crippen LogP contribution >= 0.6 is 0 Å². The predicted molar refractivity (Wildman–Crippen MR) is 65.8 cm³/mol. The third kappa shape index (κ3) is 1.81. The Morgan fingerprint density at radius 3 is 2.84 bits per heavy atom. The molecule has 2 aromatic rings. The molecule has 1 saturated carbocycles. The van der Waals surface area contributed by atoms with E-state index in [1.54, 1.807) is 0 Å². The van der Waals surface area contributed by atoms with E-state index in [-0.39, 0.29) is 18.1 Å². The Kier molecular flexibility index (Phi) is 2.35. The summed E-state index contributed by atoms with van der Waals surface area (Å²) in [5.74, 6) is 2.34. The van der Waals surface area contributed by atoms with Crippen LogP contribution < -0.4 is 4.74 Å². The molecule has 4 rings (SSSR count). The van der Waals surface area contributed by atoms with Crippen molar-refractivity contribution in [3.63, 3.8) is 0 Å². The fraction of sp³-hybridized carbons (Fsp3) is 0.429. The number of fused-ring (bicyclic) bond motifs is 1. The first-order valence-corrected chi connectivity index (χ1v) is 6.56. The number of para-hydroxylation sites is 1. The molecule has 1 aliphatic carbocycles. The molecule has 19 heavy (non-hydrogen) atoms. The molecule has 1 atom stereocenters. The van der Waals surface area contributed by atoms with Crippen LogP contribution in [-0.4, -0.2) is 21.4 Å². The van der Waals surface area contributed by atoms with Crippen LogP contribution in [0.4, 0.5) is 0 Å². The number of benzene rings is 1. The zero-order valence-corrected chi connectivity index (χ0v) is 10.3. The number of ether oxygens (including phenoxy) is 1. The summed E-state index contributed by atoms with van der Waals surface area (Å²) >= 11 is 0. The van der Waals surface area contributed by atoms with Gasteiger partial charge in [-0.3, -0.25) is 0 Å². The van der Waals surface area contributed by atoms with E-state index in [1.807, 2.05) is 18.2 Å². The highest BCUT2D eigenvalue weighted by molar-refractivity contribution is 5.37. The van der Waals surface area contributed by atoms with E-state index in [2.05, 4.69) is 16.2 Å². The second-order valence-electron chi connectivity index (χ2n) is 5.23. The van der Waals surface area contributed by atoms with Crippen molar-refractivity contribution < 1.29 is 14.4 Å². The molecule has 1 aliphatic heterocycles. The van der Waals surface area contributed by atoms with Gasteiger partial charge in [0.2, 0.25) is 11.7 Å². The molecule has 5 nitrogen and oxygen atoms in total. The summed E-state index contributed by atoms with van der Waals surface area (Å²) in [6.07, 6.45) is 1.84. The van der Waals surface area contributed by atoms with Gasteiger partial charge in [0.1, 0.15) is 5.75 Å². The minimum Gasteiger partial charge on any atom is -0.482 e. The molecule has 1 aromatic carbocycles. The highest BCUT2D eigenvalue weighted by Crippen LogP contribution is 2.38. The number of hydrogen-bond acceptors (Lipinski definition) is 5. The van der Waals surface area contributed by atoms with Crippen molar-refractivity contribution in [3.05, 3.63) is 41.5 Å². The molecule has 98 valence electrons. The maximum Gasteiger partial charge on any atom is 0.230 e. The van der Waals surface area contributed by atoms with Crippen LogP contribution in [0.1, 0.15) is 42.1 Å². The lowest BCUT2D eigenvalue weighted by Crippen LogP contribution is -2.26. The molecule has 1 N–H and O–H groups in total. The van der Waals surface area contributed by atoms with E-state index < -0.39 is 0 Å². The number of aromatic nitrogens is 2. The minimum atomic E-state index is -0.215. The van der Waals surface area contributed by atoms with E-state index in [9.17, 15) is 5.11 Å². The van der Waals surface area contributed by atoms with E-state index in [0.717, 1.165) is 12.2 Å². The summed E-state index contributed by atoms with van der Waals surface area (Å²) in [5.41, 5.74) is 1.18. The van der Waals surface area contributed by atoms with Crippen molar-refractivity contribution in [2.75, 3.05) is 0 Å². The lowest BCUT2D eigenvalue weighted by molar-refractivity contribution is 0.0624. The zero-order chi connectivity index (χ0) is 12.8. The normalized spacial score (nSPS) is 28.6. The number of aliphatic hydroxyl groups excluding tert-OH is 1. The number of nitrogens with zero attached hydrogens (tertiary/aromatic N) is 2. The molecule has 5 heteroatoms. The van der Waals surface area contributed by atoms with Crippen LogP contribution in [-0.2, 0) is 6.42 Å². The van der Waals surface area contributed by atoms with E-state index >= 15 is 0 Å². The second-order valence-corrected chi connectivity index (χ2v) is 5.23. The molecule has 0 saturated heterocycles. The molecule has 0 bridgehead atoms. The minimum absolute atomic E-state index is 0.153. The van der Waals surface area contributed by atoms with Gasteiger partial charge in [-0.2, -0.15) is 4.98 Å². The summed E-state index contributed by atoms with van der Waals surface area (Å²) in [7, 11) is 0. The summed E-state index contributed by atoms with van der Waals surface area (Å²) in [5, 5.41) is 13.3. The van der Waals surface area contributed by atoms with E-state index in [1.165, 1.54) is 5.56 Å². The van der Waals surface area contributed by atoms with Gasteiger partial charge >= 0.3 is 0 Å². The molecule has 1 aromatic heterocycles. The Morgan fingerprint density at radius 2 is 2.05 bits per heavy atom. The van der Waals surface area contributed by atoms with Gasteiger partial charge in [-0.05, 0) is 24.5 Å². The van der Waals surface area contributed by atoms with Gasteiger partial charge in [0.15, 0.2) is 6.10 Å². The number of hydrogen-bond donors (Lipinski definition) is 1. The smallest absolute Gasteiger partial charge is 0.230 e. The molecule has 1 fully saturated rings.